The SMILES string of the molecule is C.C.CSc1nc(Cl)cc(Cl)n1.CSc1nc(Cl)cc(NN)n1.CSc1nc(Cl)cc2ncnn12.Clc1cc2ncnn2c(Cl)n1.N=N.NCCCc1ccc([N+](=O)[O-])c(N)n1.Nc1nc(CCCNc2nc(-c3ccc(Cl)cc3Cl)cc3ncnn23)ccc1[N+](=O)[O-].Nc1nc(CCCNc2nc(Cl)cc3ncnn23)ccc1[N+](=O)[O-].O=CO.OB(O)c1ccc(Cl)cc1Cl.[HH]. The highest BCUT2D eigenvalue weighted by molar-refractivity contribution is 7.98. The zero-order valence-electron chi connectivity index (χ0n) is 66.3. The Labute approximate surface area is 812 Å². The Kier molecular flexibility index (Phi) is 49.1. The van der Waals surface area contributed by atoms with Gasteiger partial charge in [0.2, 0.25) is 34.6 Å². The number of nitrogen functional groups attached to an aromatic ring is 4. The van der Waals surface area contributed by atoms with Gasteiger partial charge in [-0.25, -0.2) is 91.7 Å². The first-order valence-electron chi connectivity index (χ1n) is 35.5. The summed E-state index contributed by atoms with van der Waals surface area (Å²) in [5, 5.41) is 84.9. The molecule has 0 atom stereocenters. The van der Waals surface area contributed by atoms with Gasteiger partial charge in [-0.15, -0.1) is 0 Å². The summed E-state index contributed by atoms with van der Waals surface area (Å²) < 4.78 is 6.19. The predicted molar refractivity (Wildman–Crippen MR) is 514 cm³/mol. The minimum Gasteiger partial charge on any atom is -0.483 e. The first kappa shape index (κ1) is 112. The fourth-order valence-electron chi connectivity index (χ4n) is 9.73. The third-order valence-electron chi connectivity index (χ3n) is 15.3. The van der Waals surface area contributed by atoms with E-state index in [2.05, 4.69) is 111 Å². The maximum atomic E-state index is 10.8. The van der Waals surface area contributed by atoms with Crippen LogP contribution in [-0.2, 0) is 24.1 Å². The predicted octanol–water partition coefficient (Wildman–Crippen LogP) is 15.3. The van der Waals surface area contributed by atoms with Gasteiger partial charge in [0.05, 0.1) is 25.5 Å². The molecule has 696 valence electrons. The Morgan fingerprint density at radius 2 is 0.855 bits per heavy atom. The first-order valence-corrected chi connectivity index (χ1v) is 43.3. The van der Waals surface area contributed by atoms with E-state index in [1.54, 1.807) is 86.3 Å². The maximum Gasteiger partial charge on any atom is 0.489 e. The number of pyridine rings is 3. The molecule has 0 spiro atoms. The normalized spacial score (nSPS) is 10.1. The molecule has 0 bridgehead atoms. The van der Waals surface area contributed by atoms with Crippen LogP contribution in [0.5, 0.6) is 0 Å². The monoisotopic (exact) mass is 2070 g/mol. The zero-order valence-corrected chi connectivity index (χ0v) is 77.1. The maximum absolute atomic E-state index is 10.8. The number of halogens is 11. The summed E-state index contributed by atoms with van der Waals surface area (Å²) in [6, 6.07) is 28.3. The van der Waals surface area contributed by atoms with Crippen molar-refractivity contribution < 1.29 is 36.1 Å². The summed E-state index contributed by atoms with van der Waals surface area (Å²) in [6.07, 6.45) is 15.5. The second kappa shape index (κ2) is 57.6. The van der Waals surface area contributed by atoms with E-state index in [9.17, 15) is 30.3 Å². The van der Waals surface area contributed by atoms with E-state index >= 15 is 0 Å². The molecule has 13 aromatic heterocycles. The van der Waals surface area contributed by atoms with E-state index in [4.69, 9.17) is 187 Å². The second-order valence-corrected chi connectivity index (χ2v) is 30.4. The molecule has 0 amide bonds. The minimum atomic E-state index is -1.54. The molecule has 0 fully saturated rings. The molecule has 15 aromatic rings. The number of nitro groups is 3. The van der Waals surface area contributed by atoms with Crippen molar-refractivity contribution in [2.45, 2.75) is 68.8 Å². The summed E-state index contributed by atoms with van der Waals surface area (Å²) in [6.45, 7) is 1.46. The van der Waals surface area contributed by atoms with Gasteiger partial charge >= 0.3 is 24.2 Å². The van der Waals surface area contributed by atoms with E-state index in [0.717, 1.165) is 28.5 Å². The molecule has 0 unspecified atom stereocenters. The molecule has 61 heteroatoms. The fourth-order valence-corrected chi connectivity index (χ4v) is 13.6. The average molecular weight is 2080 g/mol. The molecule has 15 rings (SSSR count). The average Bonchev–Trinajstić information content (AvgIpc) is 1.49. The Hall–Kier alpha value is -11.5. The molecule has 0 aliphatic heterocycles. The number of benzene rings is 2. The van der Waals surface area contributed by atoms with Crippen LogP contribution in [0, 0.1) is 41.4 Å². The van der Waals surface area contributed by atoms with Crippen LogP contribution in [0.3, 0.4) is 0 Å². The molecule has 18 N–H and O–H groups in total. The number of anilines is 6. The molecule has 0 aliphatic carbocycles. The van der Waals surface area contributed by atoms with Crippen LogP contribution >= 0.6 is 163 Å². The van der Waals surface area contributed by atoms with Crippen LogP contribution in [0.25, 0.3) is 33.8 Å². The first-order chi connectivity index (χ1) is 61.7. The van der Waals surface area contributed by atoms with Gasteiger partial charge in [0.25, 0.3) is 6.47 Å². The molecular formula is C70H78BCl11N36O10S3. The third kappa shape index (κ3) is 35.9. The number of aromatic nitrogens is 23. The molecule has 46 nitrogen and oxygen atoms in total. The number of nitrogens with one attached hydrogen (secondary N) is 5. The number of rotatable bonds is 22. The van der Waals surface area contributed by atoms with Crippen molar-refractivity contribution in [1.29, 1.82) is 11.1 Å². The van der Waals surface area contributed by atoms with Gasteiger partial charge in [-0.05, 0) is 124 Å². The highest BCUT2D eigenvalue weighted by Gasteiger charge is 2.19. The lowest BCUT2D eigenvalue weighted by atomic mass is 9.80. The van der Waals surface area contributed by atoms with Gasteiger partial charge in [0.1, 0.15) is 62.0 Å². The lowest BCUT2D eigenvalue weighted by Gasteiger charge is -2.10. The molecule has 131 heavy (non-hydrogen) atoms. The molecule has 13 heterocycles. The van der Waals surface area contributed by atoms with Crippen LogP contribution < -0.4 is 50.3 Å². The van der Waals surface area contributed by atoms with Crippen molar-refractivity contribution in [3.8, 4) is 11.3 Å². The van der Waals surface area contributed by atoms with Gasteiger partial charge in [0.15, 0.2) is 38.1 Å². The number of carboxylic acid groups (broad SMARTS) is 1. The Bertz CT molecular complexity index is 6220. The van der Waals surface area contributed by atoms with Crippen LogP contribution in [0.1, 0.15) is 52.6 Å². The number of nitrogens with zero attached hydrogens (tertiary/aromatic N) is 26. The molecule has 0 radical (unpaired) electrons. The van der Waals surface area contributed by atoms with Gasteiger partial charge in [-0.2, -0.15) is 38.5 Å². The summed E-state index contributed by atoms with van der Waals surface area (Å²) >= 11 is 67.6. The molecule has 0 saturated carbocycles. The Balaban J connectivity index is 0.000000399. The number of hydrogen-bond donors (Lipinski definition) is 13. The quantitative estimate of drug-likeness (QED) is 0.00286. The van der Waals surface area contributed by atoms with Gasteiger partial charge < -0.3 is 54.1 Å². The molecule has 2 aromatic carbocycles. The summed E-state index contributed by atoms with van der Waals surface area (Å²) in [4.78, 5) is 99.2. The number of hydrogen-bond acceptors (Lipinski definition) is 41. The van der Waals surface area contributed by atoms with Crippen molar-refractivity contribution in [2.75, 3.05) is 71.7 Å². The lowest BCUT2D eigenvalue weighted by Crippen LogP contribution is -2.30. The molecule has 0 aliphatic rings. The summed E-state index contributed by atoms with van der Waals surface area (Å²) in [5.41, 5.74) is 40.1. The lowest BCUT2D eigenvalue weighted by molar-refractivity contribution is -0.384. The van der Waals surface area contributed by atoms with Crippen LogP contribution in [0.4, 0.5) is 52.2 Å². The Morgan fingerprint density at radius 1 is 0.473 bits per heavy atom. The van der Waals surface area contributed by atoms with Crippen LogP contribution in [-0.4, -0.2) is 195 Å². The zero-order chi connectivity index (χ0) is 95.0. The van der Waals surface area contributed by atoms with Crippen LogP contribution in [0.2, 0.25) is 56.3 Å². The van der Waals surface area contributed by atoms with Gasteiger partial charge in [-0.1, -0.05) is 172 Å². The van der Waals surface area contributed by atoms with Crippen molar-refractivity contribution in [2.24, 2.45) is 11.6 Å². The highest BCUT2D eigenvalue weighted by Crippen LogP contribution is 2.32. The van der Waals surface area contributed by atoms with E-state index in [0.29, 0.717) is 160 Å². The minimum absolute atomic E-state index is 0. The number of carbonyl (C=O) groups is 1. The second-order valence-electron chi connectivity index (χ2n) is 23.7. The standard InChI is InChI=1S/C19H16Cl2N8O2.C13H13ClN8O2.C8H12N4O2.C6H5BCl2O2.C6H5ClN4S.C5H2Cl2N4.C5H4Cl2N2S.C5H7ClN4S.CH2O2.2CH4.H2N2.H2/c20-11-3-5-13(14(21)8-11)15-9-17-24-10-25-28(17)19(27-15)23-7-1-2-12-4-6-16(29(30)31)18(22)26-12;14-10-6-11-17-7-18-21(11)13(20-10)16-5-1-2-8-3-4-9(22(23)24)12(15)19-8;9-5-1-2-6-3-4-7(12(13)14)8(10)11-6;8-4-1-2-5(7(10)11)6(9)3-4;1-12-6-10-4(7)2-5-8-3-9-11(5)6;6-3-1-4-8-2-9-11(4)5(7)10-3;1-10-5-8-3(6)2-4(7)9-5;1-11-5-8-3(6)2-4(9-5)10-7;2-1-3;;;1-2;/h3-6,8-10H,1-2,7H2,(H2,22,26)(H,23,27);3-4,6-7H,1-2,5H2,(H2,15,19)(H,16,20);3-4H,1-2,5,9H2,(H2,10,11);1-3,10-11H;2-3H,1H3;1-2H;2H,1H3;2H,7H2,1H3,(H,8,9,10);1H,(H,2,3);2*1H4;1-2H;1H. The number of aryl methyl sites for hydroxylation is 3. The fraction of sp³-hybridized carbons (Fsp3) is 0.200. The van der Waals surface area contributed by atoms with E-state index in [1.807, 2.05) is 18.8 Å². The number of fused-ring (bicyclic) bond motifs is 4. The van der Waals surface area contributed by atoms with E-state index in [1.165, 1.54) is 102 Å². The topological polar surface area (TPSA) is 684 Å². The van der Waals surface area contributed by atoms with Gasteiger partial charge in [0, 0.05) is 112 Å². The number of thioether (sulfide) groups is 3. The summed E-state index contributed by atoms with van der Waals surface area (Å²) in [7, 11) is -1.54. The van der Waals surface area contributed by atoms with Crippen molar-refractivity contribution in [1.82, 2.24) is 113 Å². The molecular weight excluding hydrogens is 2000 g/mol. The Morgan fingerprint density at radius 3 is 1.27 bits per heavy atom. The van der Waals surface area contributed by atoms with Crippen molar-refractivity contribution >= 4 is 257 Å². The highest BCUT2D eigenvalue weighted by atomic mass is 35.5. The number of hydrazine groups is 1. The number of nitrogens with two attached hydrogens (primary N) is 5. The smallest absolute Gasteiger partial charge is 0.483 e. The molecule has 0 saturated heterocycles. The third-order valence-corrected chi connectivity index (χ3v) is 19.5. The van der Waals surface area contributed by atoms with Crippen molar-refractivity contribution in [3.63, 3.8) is 0 Å². The van der Waals surface area contributed by atoms with E-state index < -0.39 is 21.9 Å². The largest absolute Gasteiger partial charge is 0.489 e. The van der Waals surface area contributed by atoms with E-state index in [-0.39, 0.29) is 73.0 Å². The summed E-state index contributed by atoms with van der Waals surface area (Å²) in [5.74, 6) is 6.45. The van der Waals surface area contributed by atoms with Crippen LogP contribution in [0.15, 0.2) is 150 Å². The van der Waals surface area contributed by atoms with Crippen molar-refractivity contribution in [3.05, 3.63) is 238 Å². The van der Waals surface area contributed by atoms with Gasteiger partial charge in [-0.3, -0.25) is 35.1 Å².